The van der Waals surface area contributed by atoms with E-state index in [9.17, 15) is 18.0 Å². The van der Waals surface area contributed by atoms with E-state index in [1.54, 1.807) is 0 Å². The Morgan fingerprint density at radius 2 is 1.88 bits per heavy atom. The zero-order valence-corrected chi connectivity index (χ0v) is 13.7. The van der Waals surface area contributed by atoms with Gasteiger partial charge in [-0.25, -0.2) is 9.97 Å². The molecule has 0 aliphatic carbocycles. The Morgan fingerprint density at radius 3 is 2.56 bits per heavy atom. The second-order valence-electron chi connectivity index (χ2n) is 5.60. The van der Waals surface area contributed by atoms with E-state index in [0.29, 0.717) is 5.82 Å². The van der Waals surface area contributed by atoms with E-state index in [-0.39, 0.29) is 11.4 Å². The van der Waals surface area contributed by atoms with Gasteiger partial charge in [0, 0.05) is 24.8 Å². The van der Waals surface area contributed by atoms with Gasteiger partial charge >= 0.3 is 6.18 Å². The topological polar surface area (TPSA) is 58.1 Å². The maximum atomic E-state index is 12.9. The highest BCUT2D eigenvalue weighted by atomic mass is 35.5. The van der Waals surface area contributed by atoms with Gasteiger partial charge in [-0.15, -0.1) is 0 Å². The van der Waals surface area contributed by atoms with Crippen molar-refractivity contribution in [3.8, 4) is 0 Å². The number of carbonyl (C=O) groups is 1. The molecule has 2 aromatic rings. The van der Waals surface area contributed by atoms with Crippen molar-refractivity contribution >= 4 is 29.0 Å². The van der Waals surface area contributed by atoms with Crippen LogP contribution in [0.1, 0.15) is 28.9 Å². The minimum absolute atomic E-state index is 0.0111. The van der Waals surface area contributed by atoms with Crippen molar-refractivity contribution < 1.29 is 18.0 Å². The van der Waals surface area contributed by atoms with Crippen LogP contribution in [0.5, 0.6) is 0 Å². The average molecular weight is 371 g/mol. The summed E-state index contributed by atoms with van der Waals surface area (Å²) in [5.41, 5.74) is -0.934. The summed E-state index contributed by atoms with van der Waals surface area (Å²) in [6.45, 7) is 1.70. The zero-order valence-electron chi connectivity index (χ0n) is 13.0. The van der Waals surface area contributed by atoms with Crippen molar-refractivity contribution in [1.82, 2.24) is 9.97 Å². The summed E-state index contributed by atoms with van der Waals surface area (Å²) >= 11 is 5.57. The number of alkyl halides is 3. The van der Waals surface area contributed by atoms with Gasteiger partial charge in [0.05, 0.1) is 10.6 Å². The van der Waals surface area contributed by atoms with Gasteiger partial charge in [0.15, 0.2) is 0 Å². The molecule has 1 aliphatic rings. The van der Waals surface area contributed by atoms with Crippen LogP contribution < -0.4 is 10.2 Å². The van der Waals surface area contributed by atoms with E-state index in [0.717, 1.165) is 38.1 Å². The molecule has 1 saturated heterocycles. The van der Waals surface area contributed by atoms with Crippen LogP contribution in [-0.2, 0) is 6.18 Å². The lowest BCUT2D eigenvalue weighted by Gasteiger charge is -2.16. The van der Waals surface area contributed by atoms with Crippen LogP contribution in [-0.4, -0.2) is 29.0 Å². The summed E-state index contributed by atoms with van der Waals surface area (Å²) in [6.07, 6.45) is -1.23. The maximum Gasteiger partial charge on any atom is 0.417 e. The molecule has 1 aromatic heterocycles. The van der Waals surface area contributed by atoms with E-state index < -0.39 is 22.7 Å². The molecular formula is C16H14ClF3N4O. The first kappa shape index (κ1) is 17.5. The molecule has 0 atom stereocenters. The molecule has 0 unspecified atom stereocenters. The van der Waals surface area contributed by atoms with Crippen molar-refractivity contribution in [2.24, 2.45) is 0 Å². The maximum absolute atomic E-state index is 12.9. The molecular weight excluding hydrogens is 357 g/mol. The van der Waals surface area contributed by atoms with E-state index in [1.807, 2.05) is 4.90 Å². The quantitative estimate of drug-likeness (QED) is 0.887. The number of rotatable bonds is 3. The van der Waals surface area contributed by atoms with Crippen molar-refractivity contribution in [3.63, 3.8) is 0 Å². The number of anilines is 2. The van der Waals surface area contributed by atoms with Crippen molar-refractivity contribution in [2.75, 3.05) is 23.3 Å². The molecule has 2 heterocycles. The fourth-order valence-corrected chi connectivity index (χ4v) is 2.83. The number of carbonyl (C=O) groups excluding carboxylic acids is 1. The highest BCUT2D eigenvalue weighted by Gasteiger charge is 2.33. The third kappa shape index (κ3) is 4.01. The normalized spacial score (nSPS) is 14.6. The lowest BCUT2D eigenvalue weighted by Crippen LogP contribution is -2.21. The van der Waals surface area contributed by atoms with Crippen molar-refractivity contribution in [1.29, 1.82) is 0 Å². The fraction of sp³-hybridized carbons (Fsp3) is 0.312. The summed E-state index contributed by atoms with van der Waals surface area (Å²) in [6, 6.07) is 4.72. The Hall–Kier alpha value is -2.35. The number of nitrogens with one attached hydrogen (secondary N) is 1. The number of hydrogen-bond donors (Lipinski definition) is 1. The fourth-order valence-electron chi connectivity index (χ4n) is 2.61. The number of amides is 1. The van der Waals surface area contributed by atoms with E-state index in [1.165, 1.54) is 18.5 Å². The van der Waals surface area contributed by atoms with Gasteiger partial charge in [0.2, 0.25) is 0 Å². The highest BCUT2D eigenvalue weighted by molar-refractivity contribution is 6.31. The first-order valence-electron chi connectivity index (χ1n) is 7.60. The molecule has 0 bridgehead atoms. The summed E-state index contributed by atoms with van der Waals surface area (Å²) in [5, 5.41) is 1.98. The summed E-state index contributed by atoms with van der Waals surface area (Å²) < 4.78 is 38.7. The van der Waals surface area contributed by atoms with Crippen LogP contribution >= 0.6 is 11.6 Å². The molecule has 9 heteroatoms. The summed E-state index contributed by atoms with van der Waals surface area (Å²) in [5.74, 6) is 0.0167. The number of halogens is 4. The van der Waals surface area contributed by atoms with E-state index in [4.69, 9.17) is 11.6 Å². The Balaban J connectivity index is 1.80. The van der Waals surface area contributed by atoms with Gasteiger partial charge in [-0.2, -0.15) is 13.2 Å². The standard InChI is InChI=1S/C16H14ClF3N4O/c17-12-4-3-10(7-11(12)16(18,19)20)23-15(25)13-8-14(22-9-21-13)24-5-1-2-6-24/h3-4,7-9H,1-2,5-6H2,(H,23,25). The van der Waals surface area contributed by atoms with Gasteiger partial charge in [-0.05, 0) is 31.0 Å². The molecule has 0 spiro atoms. The largest absolute Gasteiger partial charge is 0.417 e. The van der Waals surface area contributed by atoms with E-state index in [2.05, 4.69) is 15.3 Å². The predicted molar refractivity (Wildman–Crippen MR) is 87.9 cm³/mol. The Kier molecular flexibility index (Phi) is 4.80. The molecule has 0 saturated carbocycles. The Morgan fingerprint density at radius 1 is 1.16 bits per heavy atom. The molecule has 0 radical (unpaired) electrons. The van der Waals surface area contributed by atoms with Crippen LogP contribution in [0.4, 0.5) is 24.7 Å². The minimum atomic E-state index is -4.60. The third-order valence-electron chi connectivity index (χ3n) is 3.84. The second-order valence-corrected chi connectivity index (χ2v) is 6.01. The number of aromatic nitrogens is 2. The van der Waals surface area contributed by atoms with Crippen molar-refractivity contribution in [3.05, 3.63) is 46.9 Å². The molecule has 1 amide bonds. The smallest absolute Gasteiger partial charge is 0.357 e. The molecule has 25 heavy (non-hydrogen) atoms. The van der Waals surface area contributed by atoms with Crippen molar-refractivity contribution in [2.45, 2.75) is 19.0 Å². The molecule has 1 fully saturated rings. The third-order valence-corrected chi connectivity index (χ3v) is 4.17. The SMILES string of the molecule is O=C(Nc1ccc(Cl)c(C(F)(F)F)c1)c1cc(N2CCCC2)ncn1. The minimum Gasteiger partial charge on any atom is -0.357 e. The van der Waals surface area contributed by atoms with Crippen LogP contribution in [0.2, 0.25) is 5.02 Å². The van der Waals surface area contributed by atoms with Gasteiger partial charge < -0.3 is 10.2 Å². The molecule has 5 nitrogen and oxygen atoms in total. The highest BCUT2D eigenvalue weighted by Crippen LogP contribution is 2.36. The second kappa shape index (κ2) is 6.87. The first-order chi connectivity index (χ1) is 11.8. The molecule has 3 rings (SSSR count). The number of benzene rings is 1. The monoisotopic (exact) mass is 370 g/mol. The average Bonchev–Trinajstić information content (AvgIpc) is 3.10. The lowest BCUT2D eigenvalue weighted by molar-refractivity contribution is -0.137. The number of nitrogens with zero attached hydrogens (tertiary/aromatic N) is 3. The molecule has 1 aromatic carbocycles. The van der Waals surface area contributed by atoms with E-state index >= 15 is 0 Å². The van der Waals surface area contributed by atoms with Crippen LogP contribution in [0, 0.1) is 0 Å². The van der Waals surface area contributed by atoms with Gasteiger partial charge in [-0.1, -0.05) is 11.6 Å². The molecule has 132 valence electrons. The summed E-state index contributed by atoms with van der Waals surface area (Å²) in [7, 11) is 0. The van der Waals surface area contributed by atoms with Gasteiger partial charge in [0.1, 0.15) is 17.8 Å². The van der Waals surface area contributed by atoms with Gasteiger partial charge in [-0.3, -0.25) is 4.79 Å². The zero-order chi connectivity index (χ0) is 18.0. The first-order valence-corrected chi connectivity index (χ1v) is 7.97. The van der Waals surface area contributed by atoms with Crippen LogP contribution in [0.3, 0.4) is 0 Å². The molecule has 1 aliphatic heterocycles. The van der Waals surface area contributed by atoms with Crippen LogP contribution in [0.15, 0.2) is 30.6 Å². The number of hydrogen-bond acceptors (Lipinski definition) is 4. The lowest BCUT2D eigenvalue weighted by atomic mass is 10.2. The van der Waals surface area contributed by atoms with Crippen LogP contribution in [0.25, 0.3) is 0 Å². The molecule has 1 N–H and O–H groups in total. The summed E-state index contributed by atoms with van der Waals surface area (Å²) in [4.78, 5) is 22.4. The van der Waals surface area contributed by atoms with Gasteiger partial charge in [0.25, 0.3) is 5.91 Å². The predicted octanol–water partition coefficient (Wildman–Crippen LogP) is 4.00. The Labute approximate surface area is 146 Å². The Bertz CT molecular complexity index is 791.